The van der Waals surface area contributed by atoms with Gasteiger partial charge in [-0.3, -0.25) is 0 Å². The van der Waals surface area contributed by atoms with Gasteiger partial charge in [-0.15, -0.1) is 0 Å². The Bertz CT molecular complexity index is 459. The number of azo groups is 1. The zero-order chi connectivity index (χ0) is 14.1. The third-order valence-corrected chi connectivity index (χ3v) is 3.61. The van der Waals surface area contributed by atoms with E-state index < -0.39 is 21.9 Å². The second-order valence-electron chi connectivity index (χ2n) is 3.85. The smallest absolute Gasteiger partial charge is 0.458 e. The standard InChI is InChI=1S/C12H16N2O4Si/c1-3-8-19-18-12(16)14-13-11(15)17-10-6-4-9(2)5-7-10/h4-7H,3,8,19H2,1-2H3. The van der Waals surface area contributed by atoms with E-state index in [1.807, 2.05) is 13.8 Å². The number of carbonyl (C=O) groups excluding carboxylic acids is 2. The maximum absolute atomic E-state index is 11.3. The van der Waals surface area contributed by atoms with Crippen LogP contribution in [0.3, 0.4) is 0 Å². The molecule has 7 heteroatoms. The minimum atomic E-state index is -0.946. The second kappa shape index (κ2) is 8.14. The Morgan fingerprint density at radius 1 is 1.16 bits per heavy atom. The molecule has 0 N–H and O–H groups in total. The molecule has 0 aliphatic carbocycles. The first kappa shape index (κ1) is 15.0. The Labute approximate surface area is 113 Å². The fourth-order valence-corrected chi connectivity index (χ4v) is 1.81. The summed E-state index contributed by atoms with van der Waals surface area (Å²) in [4.78, 5) is 22.3. The van der Waals surface area contributed by atoms with Gasteiger partial charge in [0.1, 0.15) is 5.75 Å². The van der Waals surface area contributed by atoms with Crippen LogP contribution in [0.4, 0.5) is 9.59 Å². The summed E-state index contributed by atoms with van der Waals surface area (Å²) >= 11 is 0. The number of rotatable bonds is 4. The molecule has 0 unspecified atom stereocenters. The first-order valence-electron chi connectivity index (χ1n) is 5.98. The average Bonchev–Trinajstić information content (AvgIpc) is 2.39. The molecule has 0 saturated carbocycles. The summed E-state index contributed by atoms with van der Waals surface area (Å²) in [6.45, 7) is 3.92. The molecule has 0 aromatic heterocycles. The van der Waals surface area contributed by atoms with E-state index in [0.29, 0.717) is 5.75 Å². The molecule has 0 heterocycles. The van der Waals surface area contributed by atoms with Gasteiger partial charge in [0.25, 0.3) is 0 Å². The lowest BCUT2D eigenvalue weighted by atomic mass is 10.2. The highest BCUT2D eigenvalue weighted by atomic mass is 28.2. The Morgan fingerprint density at radius 2 is 1.79 bits per heavy atom. The van der Waals surface area contributed by atoms with Crippen molar-refractivity contribution in [3.8, 4) is 5.75 Å². The van der Waals surface area contributed by atoms with Gasteiger partial charge in [0, 0.05) is 0 Å². The van der Waals surface area contributed by atoms with Crippen LogP contribution in [0.5, 0.6) is 5.75 Å². The van der Waals surface area contributed by atoms with Crippen LogP contribution in [0.1, 0.15) is 18.9 Å². The Balaban J connectivity index is 2.38. The van der Waals surface area contributed by atoms with Gasteiger partial charge in [0.05, 0.1) is 0 Å². The summed E-state index contributed by atoms with van der Waals surface area (Å²) < 4.78 is 9.68. The molecule has 6 nitrogen and oxygen atoms in total. The van der Waals surface area contributed by atoms with Gasteiger partial charge in [-0.05, 0) is 25.1 Å². The molecule has 0 bridgehead atoms. The first-order valence-corrected chi connectivity index (χ1v) is 7.56. The highest BCUT2D eigenvalue weighted by Gasteiger charge is 2.05. The largest absolute Gasteiger partial charge is 0.507 e. The molecule has 0 aliphatic heterocycles. The van der Waals surface area contributed by atoms with E-state index in [-0.39, 0.29) is 0 Å². The first-order chi connectivity index (χ1) is 9.11. The van der Waals surface area contributed by atoms with E-state index in [0.717, 1.165) is 18.0 Å². The summed E-state index contributed by atoms with van der Waals surface area (Å²) in [6, 6.07) is 7.74. The van der Waals surface area contributed by atoms with Gasteiger partial charge < -0.3 is 9.16 Å². The van der Waals surface area contributed by atoms with Gasteiger partial charge in [0.15, 0.2) is 0 Å². The number of aryl methyl sites for hydroxylation is 1. The summed E-state index contributed by atoms with van der Waals surface area (Å²) in [5.41, 5.74) is 1.05. The van der Waals surface area contributed by atoms with Crippen LogP contribution in [0.25, 0.3) is 0 Å². The third kappa shape index (κ3) is 6.46. The molecular weight excluding hydrogens is 264 g/mol. The van der Waals surface area contributed by atoms with Crippen LogP contribution < -0.4 is 4.74 Å². The Hall–Kier alpha value is -2.02. The van der Waals surface area contributed by atoms with Crippen molar-refractivity contribution in [1.29, 1.82) is 0 Å². The number of benzene rings is 1. The lowest BCUT2D eigenvalue weighted by Crippen LogP contribution is -2.05. The summed E-state index contributed by atoms with van der Waals surface area (Å²) in [5.74, 6) is 0.350. The van der Waals surface area contributed by atoms with Crippen LogP contribution in [-0.2, 0) is 4.43 Å². The number of nitrogens with zero attached hydrogens (tertiary/aromatic N) is 2. The van der Waals surface area contributed by atoms with Gasteiger partial charge in [-0.2, -0.15) is 0 Å². The van der Waals surface area contributed by atoms with Crippen molar-refractivity contribution < 1.29 is 18.8 Å². The maximum atomic E-state index is 11.3. The molecule has 0 fully saturated rings. The monoisotopic (exact) mass is 280 g/mol. The van der Waals surface area contributed by atoms with E-state index in [4.69, 9.17) is 9.16 Å². The van der Waals surface area contributed by atoms with Crippen LogP contribution in [0.15, 0.2) is 34.5 Å². The number of ether oxygens (including phenoxy) is 1. The molecular formula is C12H16N2O4Si. The molecule has 19 heavy (non-hydrogen) atoms. The van der Waals surface area contributed by atoms with E-state index >= 15 is 0 Å². The molecule has 1 aromatic carbocycles. The van der Waals surface area contributed by atoms with E-state index in [1.165, 1.54) is 0 Å². The van der Waals surface area contributed by atoms with E-state index in [1.54, 1.807) is 24.3 Å². The third-order valence-electron chi connectivity index (χ3n) is 2.16. The summed E-state index contributed by atoms with van der Waals surface area (Å²) in [5, 5.41) is 6.27. The molecule has 0 radical (unpaired) electrons. The van der Waals surface area contributed by atoms with Crippen molar-refractivity contribution in [2.75, 3.05) is 0 Å². The topological polar surface area (TPSA) is 77.3 Å². The van der Waals surface area contributed by atoms with Gasteiger partial charge in [-0.25, -0.2) is 9.59 Å². The molecule has 2 amide bonds. The maximum Gasteiger partial charge on any atom is 0.458 e. The lowest BCUT2D eigenvalue weighted by molar-refractivity contribution is 0.201. The Morgan fingerprint density at radius 3 is 2.42 bits per heavy atom. The molecule has 0 aliphatic rings. The van der Waals surface area contributed by atoms with Crippen LogP contribution in [0, 0.1) is 6.92 Å². The number of hydrogen-bond acceptors (Lipinski definition) is 4. The van der Waals surface area contributed by atoms with Gasteiger partial charge in [-0.1, -0.05) is 41.3 Å². The highest BCUT2D eigenvalue weighted by Crippen LogP contribution is 2.12. The SMILES string of the molecule is CCC[SiH2]OC(=O)N=NC(=O)Oc1ccc(C)cc1. The predicted molar refractivity (Wildman–Crippen MR) is 72.2 cm³/mol. The highest BCUT2D eigenvalue weighted by molar-refractivity contribution is 6.30. The summed E-state index contributed by atoms with van der Waals surface area (Å²) in [7, 11) is -0.898. The van der Waals surface area contributed by atoms with E-state index in [2.05, 4.69) is 10.2 Å². The fraction of sp³-hybridized carbons (Fsp3) is 0.333. The van der Waals surface area contributed by atoms with Crippen molar-refractivity contribution >= 4 is 21.9 Å². The lowest BCUT2D eigenvalue weighted by Gasteiger charge is -2.00. The van der Waals surface area contributed by atoms with Crippen molar-refractivity contribution in [1.82, 2.24) is 0 Å². The molecule has 1 rings (SSSR count). The molecule has 0 atom stereocenters. The average molecular weight is 280 g/mol. The summed E-state index contributed by atoms with van der Waals surface area (Å²) in [6.07, 6.45) is -0.814. The molecule has 0 spiro atoms. The molecule has 1 aromatic rings. The number of amides is 2. The normalized spacial score (nSPS) is 11.1. The minimum Gasteiger partial charge on any atom is -0.507 e. The van der Waals surface area contributed by atoms with Crippen LogP contribution in [0.2, 0.25) is 6.04 Å². The van der Waals surface area contributed by atoms with Gasteiger partial charge >= 0.3 is 12.2 Å². The Kier molecular flexibility index (Phi) is 6.45. The van der Waals surface area contributed by atoms with Crippen molar-refractivity contribution in [3.05, 3.63) is 29.8 Å². The molecule has 102 valence electrons. The van der Waals surface area contributed by atoms with Crippen LogP contribution >= 0.6 is 0 Å². The fourth-order valence-electron chi connectivity index (χ4n) is 1.14. The minimum absolute atomic E-state index is 0.350. The van der Waals surface area contributed by atoms with Crippen molar-refractivity contribution in [2.45, 2.75) is 26.3 Å². The quantitative estimate of drug-likeness (QED) is 0.482. The number of carbonyl (C=O) groups is 2. The van der Waals surface area contributed by atoms with Crippen LogP contribution in [-0.4, -0.2) is 21.9 Å². The van der Waals surface area contributed by atoms with Crippen molar-refractivity contribution in [3.63, 3.8) is 0 Å². The zero-order valence-electron chi connectivity index (χ0n) is 11.0. The zero-order valence-corrected chi connectivity index (χ0v) is 12.4. The molecule has 0 saturated heterocycles. The second-order valence-corrected chi connectivity index (χ2v) is 5.25. The number of hydrogen-bond donors (Lipinski definition) is 0. The van der Waals surface area contributed by atoms with Crippen molar-refractivity contribution in [2.24, 2.45) is 10.2 Å². The van der Waals surface area contributed by atoms with E-state index in [9.17, 15) is 9.59 Å². The predicted octanol–water partition coefficient (Wildman–Crippen LogP) is 2.99. The van der Waals surface area contributed by atoms with Gasteiger partial charge in [0.2, 0.25) is 9.76 Å².